The lowest BCUT2D eigenvalue weighted by Crippen LogP contribution is -2.39. The van der Waals surface area contributed by atoms with Crippen LogP contribution >= 0.6 is 0 Å². The Balaban J connectivity index is 0.776. The summed E-state index contributed by atoms with van der Waals surface area (Å²) in [6.07, 6.45) is 4.81. The molecule has 2 unspecified atom stereocenters. The highest BCUT2D eigenvalue weighted by atomic mass is 16.6. The first-order valence-corrected chi connectivity index (χ1v) is 31.2. The van der Waals surface area contributed by atoms with E-state index in [9.17, 15) is 9.59 Å². The van der Waals surface area contributed by atoms with Crippen molar-refractivity contribution in [3.63, 3.8) is 0 Å². The average molecular weight is 1180 g/mol. The number of hydrogen-bond acceptors (Lipinski definition) is 12. The summed E-state index contributed by atoms with van der Waals surface area (Å²) in [6, 6.07) is 57.2. The van der Waals surface area contributed by atoms with Gasteiger partial charge >= 0.3 is 11.9 Å². The van der Waals surface area contributed by atoms with E-state index in [1.807, 2.05) is 0 Å². The number of benzene rings is 11. The molecular formula is C76H72O12. The van der Waals surface area contributed by atoms with Crippen LogP contribution in [0.1, 0.15) is 63.8 Å². The number of carbonyl (C=O) groups excluding carboxylic acids is 2. The summed E-state index contributed by atoms with van der Waals surface area (Å²) in [5.74, 6) is 1.28. The first kappa shape index (κ1) is 57.4. The molecule has 10 bridgehead atoms. The summed E-state index contributed by atoms with van der Waals surface area (Å²) in [5.41, 5.74) is 7.55. The number of hydrogen-bond donors (Lipinski definition) is 0. The van der Waals surface area contributed by atoms with Crippen molar-refractivity contribution in [1.82, 2.24) is 0 Å². The lowest BCUT2D eigenvalue weighted by Gasteiger charge is -2.39. The molecule has 0 radical (unpaired) electrons. The molecule has 3 aliphatic rings. The molecule has 1 saturated carbocycles. The quantitative estimate of drug-likeness (QED) is 0.0955. The summed E-state index contributed by atoms with van der Waals surface area (Å²) >= 11 is 0. The summed E-state index contributed by atoms with van der Waals surface area (Å²) in [7, 11) is 0. The van der Waals surface area contributed by atoms with Gasteiger partial charge in [-0.05, 0) is 147 Å². The lowest BCUT2D eigenvalue weighted by atomic mass is 9.73. The number of fused-ring (bicyclic) bond motifs is 2. The number of ether oxygens (including phenoxy) is 10. The summed E-state index contributed by atoms with van der Waals surface area (Å²) in [5, 5.41) is 14.0. The van der Waals surface area contributed by atoms with E-state index in [0.29, 0.717) is 96.6 Å². The molecule has 448 valence electrons. The smallest absolute Gasteiger partial charge is 0.344 e. The zero-order valence-electron chi connectivity index (χ0n) is 49.6. The third-order valence-corrected chi connectivity index (χ3v) is 18.2. The minimum atomic E-state index is -0.457. The monoisotopic (exact) mass is 1180 g/mol. The molecule has 0 aromatic heterocycles. The molecular weight excluding hydrogens is 1100 g/mol. The van der Waals surface area contributed by atoms with Crippen LogP contribution in [-0.2, 0) is 81.6 Å². The summed E-state index contributed by atoms with van der Waals surface area (Å²) < 4.78 is 63.5. The Morgan fingerprint density at radius 3 is 1.23 bits per heavy atom. The Labute approximate surface area is 512 Å². The Hall–Kier alpha value is -8.36. The maximum atomic E-state index is 14.1. The van der Waals surface area contributed by atoms with Crippen molar-refractivity contribution < 1.29 is 57.0 Å². The fourth-order valence-electron chi connectivity index (χ4n) is 14.1. The molecule has 0 saturated heterocycles. The van der Waals surface area contributed by atoms with Gasteiger partial charge in [-0.25, -0.2) is 9.59 Å². The zero-order chi connectivity index (χ0) is 59.2. The highest BCUT2D eigenvalue weighted by Crippen LogP contribution is 2.43. The van der Waals surface area contributed by atoms with Crippen molar-refractivity contribution in [3.8, 4) is 17.2 Å². The average Bonchev–Trinajstić information content (AvgIpc) is 1.30. The molecule has 12 nitrogen and oxygen atoms in total. The van der Waals surface area contributed by atoms with Gasteiger partial charge in [-0.1, -0.05) is 170 Å². The van der Waals surface area contributed by atoms with Crippen molar-refractivity contribution in [2.75, 3.05) is 79.3 Å². The second-order valence-corrected chi connectivity index (χ2v) is 23.6. The Morgan fingerprint density at radius 2 is 0.761 bits per heavy atom. The highest BCUT2D eigenvalue weighted by molar-refractivity contribution is 6.24. The molecule has 1 fully saturated rings. The van der Waals surface area contributed by atoms with E-state index in [-0.39, 0.29) is 51.0 Å². The molecule has 3 atom stereocenters. The minimum absolute atomic E-state index is 0.0769. The number of para-hydroxylation sites is 3. The second kappa shape index (κ2) is 26.5. The Kier molecular flexibility index (Phi) is 17.3. The topological polar surface area (TPSA) is 126 Å². The van der Waals surface area contributed by atoms with Crippen LogP contribution in [-0.4, -0.2) is 97.3 Å². The van der Waals surface area contributed by atoms with Crippen LogP contribution in [0.2, 0.25) is 0 Å². The van der Waals surface area contributed by atoms with Crippen molar-refractivity contribution in [2.45, 2.75) is 64.3 Å². The largest absolute Gasteiger partial charge is 0.491 e. The van der Waals surface area contributed by atoms with Crippen LogP contribution < -0.4 is 14.2 Å². The summed E-state index contributed by atoms with van der Waals surface area (Å²) in [6.45, 7) is 3.65. The van der Waals surface area contributed by atoms with Gasteiger partial charge in [-0.15, -0.1) is 0 Å². The maximum absolute atomic E-state index is 14.1. The predicted octanol–water partition coefficient (Wildman–Crippen LogP) is 14.3. The molecule has 88 heavy (non-hydrogen) atoms. The van der Waals surface area contributed by atoms with Crippen LogP contribution in [0.3, 0.4) is 0 Å². The van der Waals surface area contributed by atoms with Crippen LogP contribution in [0.4, 0.5) is 0 Å². The van der Waals surface area contributed by atoms with Gasteiger partial charge in [0.25, 0.3) is 0 Å². The standard InChI is InChI=1S/C76H72O12/c77-67(85-45-63-25-23-53-21-19-49-7-1-9-51-27-29-65(63)71(53)69(49)51)47-87-75-59-15-5-16-60(75)42-56-12-4-14-58-44-62-18-6-17-61(76(62)88-48-68(78)86-46-64-26-24-54-22-20-50-8-2-10-52-28-30-66(64)72(54)70(50)52)43-57-13-3-11-55(41-59)73(57)83-39-37-81-35-33-79-31-32-80-34-36-82-38-40-84-74(56)58/h1-3,5-11,13,15-30,56,58,74H,4,12,14,31-48H2/t56-,58?,74?/m1/s1. The molecule has 0 N–H and O–H groups in total. The minimum Gasteiger partial charge on any atom is -0.491 e. The van der Waals surface area contributed by atoms with Gasteiger partial charge in [0.05, 0.1) is 65.6 Å². The molecule has 12 heteroatoms. The van der Waals surface area contributed by atoms with Crippen molar-refractivity contribution in [1.29, 1.82) is 0 Å². The van der Waals surface area contributed by atoms with Crippen LogP contribution in [0.25, 0.3) is 64.6 Å². The first-order valence-electron chi connectivity index (χ1n) is 31.2. The Morgan fingerprint density at radius 1 is 0.386 bits per heavy atom. The van der Waals surface area contributed by atoms with E-state index in [2.05, 4.69) is 164 Å². The van der Waals surface area contributed by atoms with Gasteiger partial charge in [0.15, 0.2) is 13.2 Å². The molecule has 0 spiro atoms. The van der Waals surface area contributed by atoms with Crippen molar-refractivity contribution in [3.05, 3.63) is 208 Å². The van der Waals surface area contributed by atoms with E-state index in [1.165, 1.54) is 43.1 Å². The molecule has 11 aromatic carbocycles. The third kappa shape index (κ3) is 12.3. The molecule has 0 amide bonds. The fraction of sp³-hybridized carbons (Fsp3) is 0.316. The molecule has 14 rings (SSSR count). The predicted molar refractivity (Wildman–Crippen MR) is 343 cm³/mol. The van der Waals surface area contributed by atoms with Gasteiger partial charge in [0, 0.05) is 12.8 Å². The molecule has 11 aromatic rings. The van der Waals surface area contributed by atoms with Crippen LogP contribution in [0.15, 0.2) is 164 Å². The van der Waals surface area contributed by atoms with E-state index >= 15 is 0 Å². The van der Waals surface area contributed by atoms with Gasteiger partial charge in [-0.3, -0.25) is 0 Å². The zero-order valence-corrected chi connectivity index (χ0v) is 49.6. The highest BCUT2D eigenvalue weighted by Gasteiger charge is 2.36. The summed E-state index contributed by atoms with van der Waals surface area (Å²) in [4.78, 5) is 28.2. The maximum Gasteiger partial charge on any atom is 0.344 e. The van der Waals surface area contributed by atoms with E-state index < -0.39 is 11.9 Å². The van der Waals surface area contributed by atoms with Crippen molar-refractivity contribution >= 4 is 76.6 Å². The number of rotatable bonds is 10. The first-order chi connectivity index (χ1) is 43.5. The molecule has 1 heterocycles. The van der Waals surface area contributed by atoms with Crippen molar-refractivity contribution in [2.24, 2.45) is 11.8 Å². The van der Waals surface area contributed by atoms with E-state index in [4.69, 9.17) is 47.4 Å². The van der Waals surface area contributed by atoms with Crippen LogP contribution in [0, 0.1) is 11.8 Å². The van der Waals surface area contributed by atoms with Crippen LogP contribution in [0.5, 0.6) is 17.2 Å². The van der Waals surface area contributed by atoms with E-state index in [1.54, 1.807) is 0 Å². The normalized spacial score (nSPS) is 18.4. The number of carbonyl (C=O) groups is 2. The van der Waals surface area contributed by atoms with E-state index in [0.717, 1.165) is 91.1 Å². The lowest BCUT2D eigenvalue weighted by molar-refractivity contribution is -0.148. The van der Waals surface area contributed by atoms with Gasteiger partial charge in [0.1, 0.15) is 37.1 Å². The van der Waals surface area contributed by atoms with Gasteiger partial charge in [0.2, 0.25) is 0 Å². The van der Waals surface area contributed by atoms with Gasteiger partial charge in [-0.2, -0.15) is 0 Å². The fourth-order valence-corrected chi connectivity index (χ4v) is 14.1. The molecule has 1 aliphatic heterocycles. The molecule has 2 aliphatic carbocycles. The Bertz CT molecular complexity index is 3990. The second-order valence-electron chi connectivity index (χ2n) is 23.6. The van der Waals surface area contributed by atoms with Gasteiger partial charge < -0.3 is 47.4 Å². The third-order valence-electron chi connectivity index (χ3n) is 18.2. The number of esters is 2. The SMILES string of the molecule is O=C(COc1c2cccc1CC1CCC[C@@H]3Cc4cccc(c4OCC(=O)OCc4ccc5ccc6cccc7ccc4c5c67)Cc4cccc(c4OCCOCCOCCOCCOCCOC13)C2)OCc1ccc2ccc3cccc4ccc1c2c34.